The minimum absolute atomic E-state index is 0.216. The zero-order valence-corrected chi connectivity index (χ0v) is 15.9. The quantitative estimate of drug-likeness (QED) is 0.769. The van der Waals surface area contributed by atoms with Gasteiger partial charge in [0.05, 0.1) is 16.9 Å². The highest BCUT2D eigenvalue weighted by molar-refractivity contribution is 6.32. The van der Waals surface area contributed by atoms with Crippen molar-refractivity contribution < 1.29 is 0 Å². The van der Waals surface area contributed by atoms with Crippen LogP contribution in [0.2, 0.25) is 5.02 Å². The van der Waals surface area contributed by atoms with Crippen LogP contribution in [0.25, 0.3) is 0 Å². The van der Waals surface area contributed by atoms with Gasteiger partial charge in [0.25, 0.3) is 0 Å². The maximum atomic E-state index is 9.12. The Morgan fingerprint density at radius 2 is 2.24 bits per heavy atom. The van der Waals surface area contributed by atoms with Crippen molar-refractivity contribution in [2.45, 2.75) is 52.1 Å². The van der Waals surface area contributed by atoms with Gasteiger partial charge in [-0.15, -0.1) is 0 Å². The van der Waals surface area contributed by atoms with Crippen LogP contribution in [0.15, 0.2) is 36.9 Å². The van der Waals surface area contributed by atoms with E-state index in [1.165, 1.54) is 12.8 Å². The molecule has 0 amide bonds. The van der Waals surface area contributed by atoms with Crippen molar-refractivity contribution in [2.75, 3.05) is 11.4 Å². The van der Waals surface area contributed by atoms with Crippen LogP contribution in [0.1, 0.15) is 51.6 Å². The van der Waals surface area contributed by atoms with Gasteiger partial charge < -0.3 is 9.47 Å². The van der Waals surface area contributed by atoms with Gasteiger partial charge in [0.15, 0.2) is 0 Å². The van der Waals surface area contributed by atoms with Crippen LogP contribution in [0.3, 0.4) is 0 Å². The van der Waals surface area contributed by atoms with Crippen molar-refractivity contribution >= 4 is 17.3 Å². The Morgan fingerprint density at radius 3 is 2.84 bits per heavy atom. The second-order valence-electron chi connectivity index (χ2n) is 7.50. The third-order valence-corrected chi connectivity index (χ3v) is 5.90. The Kier molecular flexibility index (Phi) is 5.06. The molecular formula is C20H25ClN4. The van der Waals surface area contributed by atoms with E-state index in [0.717, 1.165) is 18.7 Å². The van der Waals surface area contributed by atoms with E-state index in [0.29, 0.717) is 22.7 Å². The lowest BCUT2D eigenvalue weighted by Gasteiger charge is -2.48. The molecule has 4 nitrogen and oxygen atoms in total. The van der Waals surface area contributed by atoms with Gasteiger partial charge in [-0.1, -0.05) is 25.4 Å². The number of anilines is 1. The summed E-state index contributed by atoms with van der Waals surface area (Å²) >= 11 is 6.29. The molecule has 132 valence electrons. The molecule has 1 fully saturated rings. The van der Waals surface area contributed by atoms with Gasteiger partial charge in [-0.05, 0) is 49.8 Å². The van der Waals surface area contributed by atoms with Gasteiger partial charge in [0, 0.05) is 36.7 Å². The van der Waals surface area contributed by atoms with Gasteiger partial charge in [0.1, 0.15) is 6.07 Å². The summed E-state index contributed by atoms with van der Waals surface area (Å²) in [5.41, 5.74) is 1.84. The topological polar surface area (TPSA) is 44.9 Å². The molecule has 3 rings (SSSR count). The van der Waals surface area contributed by atoms with E-state index in [2.05, 4.69) is 47.5 Å². The SMILES string of the molecule is CCN(c1ccc(C#N)c(Cl)c1)C1CC(n2ccnc2)CCC1(C)C. The van der Waals surface area contributed by atoms with Crippen LogP contribution in [0, 0.1) is 16.7 Å². The van der Waals surface area contributed by atoms with E-state index in [-0.39, 0.29) is 5.41 Å². The monoisotopic (exact) mass is 356 g/mol. The van der Waals surface area contributed by atoms with E-state index in [9.17, 15) is 0 Å². The fourth-order valence-electron chi connectivity index (χ4n) is 4.06. The van der Waals surface area contributed by atoms with Crippen molar-refractivity contribution in [1.29, 1.82) is 5.26 Å². The summed E-state index contributed by atoms with van der Waals surface area (Å²) in [5.74, 6) is 0. The third-order valence-electron chi connectivity index (χ3n) is 5.59. The van der Waals surface area contributed by atoms with Crippen LogP contribution in [0.4, 0.5) is 5.69 Å². The molecule has 0 radical (unpaired) electrons. The fraction of sp³-hybridized carbons (Fsp3) is 0.500. The Balaban J connectivity index is 1.91. The maximum Gasteiger partial charge on any atom is 0.101 e. The largest absolute Gasteiger partial charge is 0.368 e. The van der Waals surface area contributed by atoms with Gasteiger partial charge >= 0.3 is 0 Å². The molecule has 0 bridgehead atoms. The molecule has 1 aromatic carbocycles. The molecule has 1 aromatic heterocycles. The number of hydrogen-bond acceptors (Lipinski definition) is 3. The average molecular weight is 357 g/mol. The molecule has 5 heteroatoms. The number of imidazole rings is 1. The number of aromatic nitrogens is 2. The predicted molar refractivity (Wildman–Crippen MR) is 102 cm³/mol. The first-order valence-electron chi connectivity index (χ1n) is 8.90. The third kappa shape index (κ3) is 3.52. The predicted octanol–water partition coefficient (Wildman–Crippen LogP) is 5.05. The molecule has 2 unspecified atom stereocenters. The molecule has 0 aliphatic heterocycles. The minimum Gasteiger partial charge on any atom is -0.368 e. The van der Waals surface area contributed by atoms with Crippen LogP contribution in [-0.4, -0.2) is 22.1 Å². The zero-order chi connectivity index (χ0) is 18.0. The first kappa shape index (κ1) is 17.8. The lowest BCUT2D eigenvalue weighted by molar-refractivity contribution is 0.151. The first-order valence-corrected chi connectivity index (χ1v) is 9.28. The highest BCUT2D eigenvalue weighted by Gasteiger charge is 2.40. The summed E-state index contributed by atoms with van der Waals surface area (Å²) in [6, 6.07) is 8.79. The second kappa shape index (κ2) is 7.09. The highest BCUT2D eigenvalue weighted by atomic mass is 35.5. The smallest absolute Gasteiger partial charge is 0.101 e. The Labute approximate surface area is 155 Å². The molecule has 1 saturated carbocycles. The average Bonchev–Trinajstić information content (AvgIpc) is 3.11. The number of nitrogens with zero attached hydrogens (tertiary/aromatic N) is 4. The standard InChI is InChI=1S/C20H25ClN4/c1-4-25(17-6-5-15(13-22)18(21)11-17)19-12-16(7-8-20(19,2)3)24-10-9-23-14-24/h5-6,9-11,14,16,19H,4,7-8,12H2,1-3H3. The van der Waals surface area contributed by atoms with E-state index in [1.54, 1.807) is 0 Å². The van der Waals surface area contributed by atoms with E-state index < -0.39 is 0 Å². The molecule has 0 N–H and O–H groups in total. The molecule has 2 atom stereocenters. The first-order chi connectivity index (χ1) is 12.0. The second-order valence-corrected chi connectivity index (χ2v) is 7.91. The normalized spacial score (nSPS) is 22.4. The molecule has 0 saturated heterocycles. The van der Waals surface area contributed by atoms with Crippen molar-refractivity contribution in [2.24, 2.45) is 5.41 Å². The van der Waals surface area contributed by atoms with Crippen molar-refractivity contribution in [3.05, 3.63) is 47.5 Å². The molecule has 1 heterocycles. The summed E-state index contributed by atoms with van der Waals surface area (Å²) in [5, 5.41) is 9.65. The Hall–Kier alpha value is -1.99. The molecule has 25 heavy (non-hydrogen) atoms. The minimum atomic E-state index is 0.216. The van der Waals surface area contributed by atoms with Gasteiger partial charge in [-0.3, -0.25) is 0 Å². The molecule has 2 aromatic rings. The number of benzene rings is 1. The van der Waals surface area contributed by atoms with Crippen molar-refractivity contribution in [3.63, 3.8) is 0 Å². The fourth-order valence-corrected chi connectivity index (χ4v) is 4.28. The Morgan fingerprint density at radius 1 is 1.44 bits per heavy atom. The van der Waals surface area contributed by atoms with Crippen LogP contribution in [0.5, 0.6) is 0 Å². The number of nitriles is 1. The van der Waals surface area contributed by atoms with Crippen LogP contribution in [-0.2, 0) is 0 Å². The number of halogens is 1. The van der Waals surface area contributed by atoms with Crippen LogP contribution < -0.4 is 4.90 Å². The summed E-state index contributed by atoms with van der Waals surface area (Å²) in [6.45, 7) is 7.81. The van der Waals surface area contributed by atoms with Crippen molar-refractivity contribution in [3.8, 4) is 6.07 Å². The maximum absolute atomic E-state index is 9.12. The molecule has 0 spiro atoms. The summed E-state index contributed by atoms with van der Waals surface area (Å²) < 4.78 is 2.24. The summed E-state index contributed by atoms with van der Waals surface area (Å²) in [4.78, 5) is 6.65. The van der Waals surface area contributed by atoms with E-state index >= 15 is 0 Å². The summed E-state index contributed by atoms with van der Waals surface area (Å²) in [7, 11) is 0. The molecule has 1 aliphatic carbocycles. The number of hydrogen-bond donors (Lipinski definition) is 0. The molecule has 1 aliphatic rings. The van der Waals surface area contributed by atoms with Gasteiger partial charge in [0.2, 0.25) is 0 Å². The van der Waals surface area contributed by atoms with E-state index in [4.69, 9.17) is 16.9 Å². The highest BCUT2D eigenvalue weighted by Crippen LogP contribution is 2.44. The van der Waals surface area contributed by atoms with Crippen LogP contribution >= 0.6 is 11.6 Å². The van der Waals surface area contributed by atoms with Gasteiger partial charge in [-0.25, -0.2) is 4.98 Å². The lowest BCUT2D eigenvalue weighted by atomic mass is 9.70. The molecular weight excluding hydrogens is 332 g/mol. The Bertz CT molecular complexity index is 760. The number of rotatable bonds is 4. The van der Waals surface area contributed by atoms with E-state index in [1.807, 2.05) is 30.7 Å². The summed E-state index contributed by atoms with van der Waals surface area (Å²) in [6.07, 6.45) is 9.26. The zero-order valence-electron chi connectivity index (χ0n) is 15.1. The van der Waals surface area contributed by atoms with Gasteiger partial charge in [-0.2, -0.15) is 5.26 Å². The van der Waals surface area contributed by atoms with Crippen molar-refractivity contribution in [1.82, 2.24) is 9.55 Å². The lowest BCUT2D eigenvalue weighted by Crippen LogP contribution is -2.49.